The smallest absolute Gasteiger partial charge is 0.169 e. The lowest BCUT2D eigenvalue weighted by Crippen LogP contribution is -2.45. The Hall–Kier alpha value is -2.01. The van der Waals surface area contributed by atoms with Gasteiger partial charge < -0.3 is 19.5 Å². The molecule has 5 heteroatoms. The first kappa shape index (κ1) is 14.9. The zero-order valence-corrected chi connectivity index (χ0v) is 13.8. The number of fused-ring (bicyclic) bond motifs is 1. The van der Waals surface area contributed by atoms with E-state index in [0.29, 0.717) is 6.04 Å². The van der Waals surface area contributed by atoms with Crippen LogP contribution in [0, 0.1) is 0 Å². The van der Waals surface area contributed by atoms with Gasteiger partial charge >= 0.3 is 0 Å². The summed E-state index contributed by atoms with van der Waals surface area (Å²) in [5, 5.41) is 4.18. The lowest BCUT2D eigenvalue weighted by atomic mass is 10.1. The number of nitrogens with one attached hydrogen (secondary N) is 1. The van der Waals surface area contributed by atoms with Crippen molar-refractivity contribution in [1.82, 2.24) is 14.8 Å². The Kier molecular flexibility index (Phi) is 4.34. The molecule has 116 valence electrons. The molecule has 1 N–H and O–H groups in total. The molecule has 0 unspecified atom stereocenters. The van der Waals surface area contributed by atoms with Crippen LogP contribution in [0.3, 0.4) is 0 Å². The average Bonchev–Trinajstić information content (AvgIpc) is 3.03. The van der Waals surface area contributed by atoms with Crippen molar-refractivity contribution < 1.29 is 4.74 Å². The number of hydrogen-bond donors (Lipinski definition) is 1. The molecule has 22 heavy (non-hydrogen) atoms. The molecule has 0 aliphatic carbocycles. The molecule has 1 atom stereocenters. The summed E-state index contributed by atoms with van der Waals surface area (Å²) in [6.07, 6.45) is 2.14. The van der Waals surface area contributed by atoms with Gasteiger partial charge in [-0.05, 0) is 49.0 Å². The van der Waals surface area contributed by atoms with E-state index in [2.05, 4.69) is 52.2 Å². The van der Waals surface area contributed by atoms with E-state index in [1.807, 2.05) is 12.1 Å². The van der Waals surface area contributed by atoms with Gasteiger partial charge in [-0.25, -0.2) is 0 Å². The molecule has 0 spiro atoms. The van der Waals surface area contributed by atoms with Gasteiger partial charge in [0.05, 0.1) is 13.2 Å². The SMILES string of the molecule is COc1ccc(CNC(=S)N2CCn3cccc3[C@H]2C)cc1. The lowest BCUT2D eigenvalue weighted by molar-refractivity contribution is 0.269. The van der Waals surface area contributed by atoms with E-state index in [0.717, 1.165) is 30.5 Å². The minimum absolute atomic E-state index is 0.305. The number of rotatable bonds is 3. The number of nitrogens with zero attached hydrogens (tertiary/aromatic N) is 2. The van der Waals surface area contributed by atoms with Crippen LogP contribution in [0.15, 0.2) is 42.6 Å². The highest BCUT2D eigenvalue weighted by Crippen LogP contribution is 2.25. The zero-order chi connectivity index (χ0) is 15.5. The van der Waals surface area contributed by atoms with Gasteiger partial charge in [0, 0.05) is 31.5 Å². The first-order chi connectivity index (χ1) is 10.7. The summed E-state index contributed by atoms with van der Waals surface area (Å²) in [7, 11) is 1.68. The van der Waals surface area contributed by atoms with Crippen molar-refractivity contribution in [3.8, 4) is 5.75 Å². The highest BCUT2D eigenvalue weighted by atomic mass is 32.1. The quantitative estimate of drug-likeness (QED) is 0.882. The van der Waals surface area contributed by atoms with Crippen LogP contribution in [0.1, 0.15) is 24.2 Å². The molecule has 1 aliphatic heterocycles. The molecule has 4 nitrogen and oxygen atoms in total. The highest BCUT2D eigenvalue weighted by molar-refractivity contribution is 7.80. The van der Waals surface area contributed by atoms with Crippen molar-refractivity contribution in [2.75, 3.05) is 13.7 Å². The Morgan fingerprint density at radius 1 is 1.27 bits per heavy atom. The number of benzene rings is 1. The number of ether oxygens (including phenoxy) is 1. The molecule has 1 aromatic carbocycles. The molecule has 1 aromatic heterocycles. The van der Waals surface area contributed by atoms with Gasteiger partial charge in [-0.1, -0.05) is 12.1 Å². The highest BCUT2D eigenvalue weighted by Gasteiger charge is 2.24. The Morgan fingerprint density at radius 3 is 2.77 bits per heavy atom. The average molecular weight is 315 g/mol. The van der Waals surface area contributed by atoms with Crippen molar-refractivity contribution in [1.29, 1.82) is 0 Å². The van der Waals surface area contributed by atoms with Crippen molar-refractivity contribution in [2.45, 2.75) is 26.1 Å². The molecule has 0 saturated carbocycles. The third-order valence-corrected chi connectivity index (χ3v) is 4.58. The van der Waals surface area contributed by atoms with E-state index in [1.165, 1.54) is 11.3 Å². The third kappa shape index (κ3) is 2.95. The summed E-state index contributed by atoms with van der Waals surface area (Å²) < 4.78 is 7.47. The third-order valence-electron chi connectivity index (χ3n) is 4.21. The van der Waals surface area contributed by atoms with Gasteiger partial charge in [0.1, 0.15) is 5.75 Å². The fourth-order valence-corrected chi connectivity index (χ4v) is 3.20. The van der Waals surface area contributed by atoms with Crippen molar-refractivity contribution in [3.63, 3.8) is 0 Å². The van der Waals surface area contributed by atoms with E-state index in [1.54, 1.807) is 7.11 Å². The second-order valence-electron chi connectivity index (χ2n) is 5.50. The molecule has 0 bridgehead atoms. The molecule has 0 radical (unpaired) electrons. The van der Waals surface area contributed by atoms with Crippen molar-refractivity contribution in [2.24, 2.45) is 0 Å². The number of aromatic nitrogens is 1. The van der Waals surface area contributed by atoms with Crippen LogP contribution in [-0.4, -0.2) is 28.2 Å². The summed E-state index contributed by atoms with van der Waals surface area (Å²) >= 11 is 5.58. The minimum Gasteiger partial charge on any atom is -0.497 e. The van der Waals surface area contributed by atoms with Crippen LogP contribution in [0.25, 0.3) is 0 Å². The van der Waals surface area contributed by atoms with Gasteiger partial charge in [0.25, 0.3) is 0 Å². The molecule has 0 fully saturated rings. The number of hydrogen-bond acceptors (Lipinski definition) is 2. The summed E-state index contributed by atoms with van der Waals surface area (Å²) in [4.78, 5) is 2.26. The van der Waals surface area contributed by atoms with Crippen LogP contribution in [-0.2, 0) is 13.1 Å². The maximum atomic E-state index is 5.58. The Balaban J connectivity index is 1.60. The maximum Gasteiger partial charge on any atom is 0.169 e. The lowest BCUT2D eigenvalue weighted by Gasteiger charge is -2.36. The van der Waals surface area contributed by atoms with Gasteiger partial charge in [-0.15, -0.1) is 0 Å². The second kappa shape index (κ2) is 6.40. The van der Waals surface area contributed by atoms with Crippen LogP contribution in [0.2, 0.25) is 0 Å². The second-order valence-corrected chi connectivity index (χ2v) is 5.89. The van der Waals surface area contributed by atoms with Gasteiger partial charge in [0.2, 0.25) is 0 Å². The normalized spacial score (nSPS) is 17.0. The Labute approximate surface area is 136 Å². The monoisotopic (exact) mass is 315 g/mol. The predicted molar refractivity (Wildman–Crippen MR) is 92.0 cm³/mol. The van der Waals surface area contributed by atoms with Crippen LogP contribution in [0.5, 0.6) is 5.75 Å². The standard InChI is InChI=1S/C17H21N3OS/c1-13-16-4-3-9-19(16)10-11-20(13)17(22)18-12-14-5-7-15(21-2)8-6-14/h3-9,13H,10-12H2,1-2H3,(H,18,22)/t13-/m1/s1. The Morgan fingerprint density at radius 2 is 2.05 bits per heavy atom. The van der Waals surface area contributed by atoms with Crippen molar-refractivity contribution >= 4 is 17.3 Å². The van der Waals surface area contributed by atoms with Gasteiger partial charge in [0.15, 0.2) is 5.11 Å². The van der Waals surface area contributed by atoms with Gasteiger partial charge in [-0.3, -0.25) is 0 Å². The molecule has 1 aliphatic rings. The summed E-state index contributed by atoms with van der Waals surface area (Å²) in [6, 6.07) is 12.6. The summed E-state index contributed by atoms with van der Waals surface area (Å²) in [5.74, 6) is 0.872. The minimum atomic E-state index is 0.305. The summed E-state index contributed by atoms with van der Waals surface area (Å²) in [5.41, 5.74) is 2.51. The zero-order valence-electron chi connectivity index (χ0n) is 13.0. The fourth-order valence-electron chi connectivity index (χ4n) is 2.88. The van der Waals surface area contributed by atoms with E-state index in [-0.39, 0.29) is 0 Å². The topological polar surface area (TPSA) is 29.4 Å². The molecule has 2 aromatic rings. The van der Waals surface area contributed by atoms with E-state index in [4.69, 9.17) is 17.0 Å². The van der Waals surface area contributed by atoms with E-state index >= 15 is 0 Å². The van der Waals surface area contributed by atoms with Crippen LogP contribution >= 0.6 is 12.2 Å². The van der Waals surface area contributed by atoms with Crippen LogP contribution < -0.4 is 10.1 Å². The van der Waals surface area contributed by atoms with Crippen LogP contribution in [0.4, 0.5) is 0 Å². The Bertz CT molecular complexity index is 650. The largest absolute Gasteiger partial charge is 0.497 e. The molecule has 0 amide bonds. The predicted octanol–water partition coefficient (Wildman–Crippen LogP) is 2.95. The maximum absolute atomic E-state index is 5.58. The molecular formula is C17H21N3OS. The fraction of sp³-hybridized carbons (Fsp3) is 0.353. The first-order valence-electron chi connectivity index (χ1n) is 7.51. The molecule has 3 rings (SSSR count). The number of methoxy groups -OCH3 is 1. The van der Waals surface area contributed by atoms with Crippen molar-refractivity contribution in [3.05, 3.63) is 53.9 Å². The van der Waals surface area contributed by atoms with Gasteiger partial charge in [-0.2, -0.15) is 0 Å². The molecule has 2 heterocycles. The summed E-state index contributed by atoms with van der Waals surface area (Å²) in [6.45, 7) is 4.85. The van der Waals surface area contributed by atoms with E-state index in [9.17, 15) is 0 Å². The first-order valence-corrected chi connectivity index (χ1v) is 7.92. The molecular weight excluding hydrogens is 294 g/mol. The number of thiocarbonyl (C=S) groups is 1. The van der Waals surface area contributed by atoms with E-state index < -0.39 is 0 Å². The molecule has 0 saturated heterocycles.